The Kier molecular flexibility index (Phi) is 2.92. The van der Waals surface area contributed by atoms with E-state index in [1.165, 1.54) is 12.9 Å². The molecule has 0 saturated heterocycles. The van der Waals surface area contributed by atoms with Gasteiger partial charge < -0.3 is 9.05 Å². The van der Waals surface area contributed by atoms with Crippen molar-refractivity contribution in [2.24, 2.45) is 0 Å². The van der Waals surface area contributed by atoms with Crippen molar-refractivity contribution in [2.75, 3.05) is 13.7 Å². The van der Waals surface area contributed by atoms with Crippen LogP contribution in [0.2, 0.25) is 0 Å². The molecule has 1 rings (SSSR count). The van der Waals surface area contributed by atoms with Crippen LogP contribution in [0.1, 0.15) is 6.92 Å². The Labute approximate surface area is 81.2 Å². The van der Waals surface area contributed by atoms with Crippen molar-refractivity contribution >= 4 is 30.8 Å². The van der Waals surface area contributed by atoms with Crippen LogP contribution in [0, 0.1) is 0 Å². The van der Waals surface area contributed by atoms with Crippen LogP contribution in [-0.4, -0.2) is 18.6 Å². The Bertz CT molecular complexity index is 262. The van der Waals surface area contributed by atoms with Crippen LogP contribution in [0.25, 0.3) is 0 Å². The van der Waals surface area contributed by atoms with Crippen molar-refractivity contribution in [3.8, 4) is 0 Å². The number of hydrogen-bond acceptors (Lipinski definition) is 3. The summed E-state index contributed by atoms with van der Waals surface area (Å²) in [6.07, 6.45) is 0. The monoisotopic (exact) mass is 230 g/mol. The molecular weight excluding hydrogens is 222 g/mol. The quantitative estimate of drug-likeness (QED) is 0.514. The molecule has 0 saturated carbocycles. The number of rotatable bonds is 1. The largest absolute Gasteiger partial charge is 0.355 e. The van der Waals surface area contributed by atoms with Crippen molar-refractivity contribution in [3.63, 3.8) is 0 Å². The lowest BCUT2D eigenvalue weighted by Gasteiger charge is -2.28. The molecule has 1 aliphatic heterocycles. The minimum absolute atomic E-state index is 0.0923. The first-order valence-electron chi connectivity index (χ1n) is 3.27. The lowest BCUT2D eigenvalue weighted by Crippen LogP contribution is -2.26. The van der Waals surface area contributed by atoms with Gasteiger partial charge in [0, 0.05) is 18.0 Å². The van der Waals surface area contributed by atoms with E-state index in [-0.39, 0.29) is 6.61 Å². The van der Waals surface area contributed by atoms with Crippen LogP contribution in [0.5, 0.6) is 0 Å². The van der Waals surface area contributed by atoms with E-state index in [4.69, 9.17) is 27.7 Å². The molecule has 0 aliphatic carbocycles. The average molecular weight is 231 g/mol. The molecular formula is C6H9Cl2O3P. The zero-order valence-corrected chi connectivity index (χ0v) is 9.12. The van der Waals surface area contributed by atoms with E-state index in [1.807, 2.05) is 0 Å². The Morgan fingerprint density at radius 1 is 1.83 bits per heavy atom. The highest BCUT2D eigenvalue weighted by molar-refractivity contribution is 7.57. The lowest BCUT2D eigenvalue weighted by atomic mass is 10.2. The van der Waals surface area contributed by atoms with E-state index >= 15 is 0 Å². The van der Waals surface area contributed by atoms with E-state index in [0.29, 0.717) is 5.03 Å². The maximum Gasteiger partial charge on any atom is 0.355 e. The summed E-state index contributed by atoms with van der Waals surface area (Å²) < 4.78 is 21.0. The summed E-state index contributed by atoms with van der Waals surface area (Å²) in [6.45, 7) is 1.78. The molecule has 0 N–H and O–H groups in total. The predicted molar refractivity (Wildman–Crippen MR) is 48.8 cm³/mol. The van der Waals surface area contributed by atoms with E-state index in [0.717, 1.165) is 0 Å². The molecule has 2 unspecified atom stereocenters. The van der Waals surface area contributed by atoms with Crippen molar-refractivity contribution in [1.82, 2.24) is 0 Å². The predicted octanol–water partition coefficient (Wildman–Crippen LogP) is 2.93. The molecule has 0 amide bonds. The molecule has 1 heterocycles. The van der Waals surface area contributed by atoms with Gasteiger partial charge in [-0.05, 0) is 6.92 Å². The van der Waals surface area contributed by atoms with Gasteiger partial charge in [-0.1, -0.05) is 11.6 Å². The van der Waals surface area contributed by atoms with Crippen LogP contribution >= 0.6 is 30.8 Å². The van der Waals surface area contributed by atoms with E-state index < -0.39 is 12.5 Å². The van der Waals surface area contributed by atoms with E-state index in [2.05, 4.69) is 4.52 Å². The lowest BCUT2D eigenvalue weighted by molar-refractivity contribution is 0.224. The molecule has 1 aliphatic rings. The third kappa shape index (κ3) is 2.04. The molecule has 0 aromatic rings. The standard InChI is InChI=1S/C6H9Cl2O3P/c1-6(8)4-11-12(9,10-2)3-5(6)7/h3H,4H2,1-2H3. The zero-order valence-electron chi connectivity index (χ0n) is 6.71. The highest BCUT2D eigenvalue weighted by atomic mass is 35.5. The molecule has 3 nitrogen and oxygen atoms in total. The first kappa shape index (κ1) is 10.6. The second-order valence-corrected chi connectivity index (χ2v) is 5.87. The summed E-state index contributed by atoms with van der Waals surface area (Å²) in [5.74, 6) is 1.24. The molecule has 0 bridgehead atoms. The first-order valence-corrected chi connectivity index (χ1v) is 5.64. The van der Waals surface area contributed by atoms with Crippen molar-refractivity contribution in [2.45, 2.75) is 11.8 Å². The maximum absolute atomic E-state index is 11.4. The van der Waals surface area contributed by atoms with Gasteiger partial charge in [0.2, 0.25) is 0 Å². The van der Waals surface area contributed by atoms with Gasteiger partial charge in [-0.3, -0.25) is 4.57 Å². The van der Waals surface area contributed by atoms with Crippen LogP contribution in [0.15, 0.2) is 10.8 Å². The van der Waals surface area contributed by atoms with Crippen molar-refractivity contribution in [1.29, 1.82) is 0 Å². The fourth-order valence-corrected chi connectivity index (χ4v) is 2.66. The van der Waals surface area contributed by atoms with Crippen LogP contribution in [-0.2, 0) is 13.6 Å². The highest BCUT2D eigenvalue weighted by Crippen LogP contribution is 2.56. The molecule has 0 fully saturated rings. The topological polar surface area (TPSA) is 35.5 Å². The molecule has 0 radical (unpaired) electrons. The zero-order chi connectivity index (χ0) is 9.41. The summed E-state index contributed by atoms with van der Waals surface area (Å²) in [6, 6.07) is 0. The average Bonchev–Trinajstić information content (AvgIpc) is 1.99. The minimum atomic E-state index is -3.11. The normalized spacial score (nSPS) is 42.5. The number of halogens is 2. The minimum Gasteiger partial charge on any atom is -0.309 e. The van der Waals surface area contributed by atoms with Gasteiger partial charge in [0.15, 0.2) is 0 Å². The van der Waals surface area contributed by atoms with Crippen LogP contribution in [0.3, 0.4) is 0 Å². The SMILES string of the molecule is COP1(=O)C=C(Cl)C(C)(Cl)CO1. The third-order valence-electron chi connectivity index (χ3n) is 1.54. The van der Waals surface area contributed by atoms with E-state index in [1.54, 1.807) is 6.92 Å². The Morgan fingerprint density at radius 3 is 2.83 bits per heavy atom. The van der Waals surface area contributed by atoms with Gasteiger partial charge in [-0.15, -0.1) is 11.6 Å². The summed E-state index contributed by atoms with van der Waals surface area (Å²) in [5, 5.41) is 0.306. The Hall–Kier alpha value is 0.470. The van der Waals surface area contributed by atoms with Crippen LogP contribution < -0.4 is 0 Å². The molecule has 70 valence electrons. The molecule has 0 spiro atoms. The Balaban J connectivity index is 2.97. The smallest absolute Gasteiger partial charge is 0.309 e. The number of alkyl halides is 1. The van der Waals surface area contributed by atoms with E-state index in [9.17, 15) is 4.57 Å². The second-order valence-electron chi connectivity index (χ2n) is 2.67. The third-order valence-corrected chi connectivity index (χ3v) is 4.20. The molecule has 0 aromatic heterocycles. The molecule has 12 heavy (non-hydrogen) atoms. The fourth-order valence-electron chi connectivity index (χ4n) is 0.696. The van der Waals surface area contributed by atoms with Gasteiger partial charge in [-0.25, -0.2) is 0 Å². The second kappa shape index (κ2) is 3.32. The number of hydrogen-bond donors (Lipinski definition) is 0. The molecule has 2 atom stereocenters. The van der Waals surface area contributed by atoms with Gasteiger partial charge in [0.25, 0.3) is 0 Å². The maximum atomic E-state index is 11.4. The Morgan fingerprint density at radius 2 is 2.42 bits per heavy atom. The summed E-state index contributed by atoms with van der Waals surface area (Å²) in [7, 11) is -1.80. The van der Waals surface area contributed by atoms with Crippen molar-refractivity contribution < 1.29 is 13.6 Å². The molecule has 0 aromatic carbocycles. The fraction of sp³-hybridized carbons (Fsp3) is 0.667. The van der Waals surface area contributed by atoms with Gasteiger partial charge >= 0.3 is 7.60 Å². The molecule has 6 heteroatoms. The summed E-state index contributed by atoms with van der Waals surface area (Å²) in [4.78, 5) is -0.784. The van der Waals surface area contributed by atoms with Gasteiger partial charge in [0.05, 0.1) is 6.61 Å². The summed E-state index contributed by atoms with van der Waals surface area (Å²) in [5.41, 5.74) is 0. The first-order chi connectivity index (χ1) is 5.40. The summed E-state index contributed by atoms with van der Waals surface area (Å²) >= 11 is 11.7. The van der Waals surface area contributed by atoms with Crippen LogP contribution in [0.4, 0.5) is 0 Å². The highest BCUT2D eigenvalue weighted by Gasteiger charge is 2.37. The van der Waals surface area contributed by atoms with Gasteiger partial charge in [-0.2, -0.15) is 0 Å². The van der Waals surface area contributed by atoms with Gasteiger partial charge in [0.1, 0.15) is 4.87 Å². The van der Waals surface area contributed by atoms with Crippen molar-refractivity contribution in [3.05, 3.63) is 10.8 Å².